The fourth-order valence-electron chi connectivity index (χ4n) is 3.64. The molecule has 0 unspecified atom stereocenters. The molecule has 1 saturated heterocycles. The first kappa shape index (κ1) is 21.2. The van der Waals surface area contributed by atoms with Crippen molar-refractivity contribution >= 4 is 49.3 Å². The zero-order valence-electron chi connectivity index (χ0n) is 16.8. The third-order valence-corrected chi connectivity index (χ3v) is 7.08. The third kappa shape index (κ3) is 4.64. The smallest absolute Gasteiger partial charge is 0.336 e. The maximum absolute atomic E-state index is 11.5. The lowest BCUT2D eigenvalue weighted by molar-refractivity contribution is 0.0699. The van der Waals surface area contributed by atoms with E-state index in [1.807, 2.05) is 12.1 Å². The molecule has 1 fully saturated rings. The number of piperazine rings is 1. The van der Waals surface area contributed by atoms with E-state index >= 15 is 0 Å². The Labute approximate surface area is 187 Å². The second-order valence-corrected chi connectivity index (χ2v) is 9.16. The molecule has 0 aliphatic carbocycles. The molecule has 2 N–H and O–H groups in total. The second kappa shape index (κ2) is 9.38. The Kier molecular flexibility index (Phi) is 6.62. The summed E-state index contributed by atoms with van der Waals surface area (Å²) in [5.41, 5.74) is 1.07. The summed E-state index contributed by atoms with van der Waals surface area (Å²) in [5.74, 6) is -0.342. The molecule has 0 spiro atoms. The molecule has 158 valence electrons. The fourth-order valence-corrected chi connectivity index (χ4v) is 5.27. The van der Waals surface area contributed by atoms with Gasteiger partial charge in [0.1, 0.15) is 5.69 Å². The van der Waals surface area contributed by atoms with Gasteiger partial charge in [-0.3, -0.25) is 4.90 Å². The van der Waals surface area contributed by atoms with Crippen molar-refractivity contribution in [3.8, 4) is 10.6 Å². The Bertz CT molecular complexity index is 1050. The number of carbonyl (C=O) groups is 1. The van der Waals surface area contributed by atoms with E-state index < -0.39 is 5.97 Å². The monoisotopic (exact) mass is 489 g/mol. The topological polar surface area (TPSA) is 81.6 Å². The van der Waals surface area contributed by atoms with Gasteiger partial charge in [-0.25, -0.2) is 14.8 Å². The highest BCUT2D eigenvalue weighted by atomic mass is 79.9. The lowest BCUT2D eigenvalue weighted by Crippen LogP contribution is -2.47. The van der Waals surface area contributed by atoms with Gasteiger partial charge >= 0.3 is 5.97 Å². The van der Waals surface area contributed by atoms with Crippen molar-refractivity contribution in [1.29, 1.82) is 0 Å². The predicted octanol–water partition coefficient (Wildman–Crippen LogP) is 3.87. The summed E-state index contributed by atoms with van der Waals surface area (Å²) in [7, 11) is 0. The molecule has 0 bridgehead atoms. The SMILES string of the molecule is CCN1CCN(CCNc2ncc(Br)c(-c3cc4c(C(=O)O)cccc4s3)n2)CC1. The molecule has 2 aromatic heterocycles. The molecular formula is C21H24BrN5O2S. The van der Waals surface area contributed by atoms with Crippen molar-refractivity contribution in [3.63, 3.8) is 0 Å². The second-order valence-electron chi connectivity index (χ2n) is 7.23. The van der Waals surface area contributed by atoms with Crippen LogP contribution in [0.15, 0.2) is 34.9 Å². The minimum Gasteiger partial charge on any atom is -0.478 e. The van der Waals surface area contributed by atoms with E-state index in [0.29, 0.717) is 11.5 Å². The van der Waals surface area contributed by atoms with Gasteiger partial charge in [-0.1, -0.05) is 13.0 Å². The minimum atomic E-state index is -0.922. The number of likely N-dealkylation sites (N-methyl/N-ethyl adjacent to an activating group) is 1. The Balaban J connectivity index is 1.47. The molecule has 0 atom stereocenters. The number of carboxylic acids is 1. The van der Waals surface area contributed by atoms with E-state index in [4.69, 9.17) is 0 Å². The summed E-state index contributed by atoms with van der Waals surface area (Å²) >= 11 is 5.07. The lowest BCUT2D eigenvalue weighted by Gasteiger charge is -2.33. The van der Waals surface area contributed by atoms with Gasteiger partial charge in [-0.15, -0.1) is 11.3 Å². The molecule has 9 heteroatoms. The predicted molar refractivity (Wildman–Crippen MR) is 125 cm³/mol. The number of carboxylic acid groups (broad SMARTS) is 1. The number of halogens is 1. The molecule has 0 saturated carbocycles. The Morgan fingerprint density at radius 1 is 1.27 bits per heavy atom. The van der Waals surface area contributed by atoms with Crippen LogP contribution in [0.1, 0.15) is 17.3 Å². The highest BCUT2D eigenvalue weighted by Gasteiger charge is 2.17. The normalized spacial score (nSPS) is 15.5. The quantitative estimate of drug-likeness (QED) is 0.521. The van der Waals surface area contributed by atoms with Gasteiger partial charge in [0.05, 0.1) is 14.9 Å². The largest absolute Gasteiger partial charge is 0.478 e. The molecule has 1 aromatic carbocycles. The van der Waals surface area contributed by atoms with E-state index in [0.717, 1.165) is 70.9 Å². The molecule has 1 aliphatic rings. The lowest BCUT2D eigenvalue weighted by atomic mass is 10.1. The zero-order valence-corrected chi connectivity index (χ0v) is 19.2. The van der Waals surface area contributed by atoms with Crippen LogP contribution < -0.4 is 5.32 Å². The number of aromatic nitrogens is 2. The number of rotatable bonds is 7. The van der Waals surface area contributed by atoms with Crippen LogP contribution in [0.4, 0.5) is 5.95 Å². The van der Waals surface area contributed by atoms with Gasteiger partial charge in [-0.05, 0) is 40.7 Å². The maximum atomic E-state index is 11.5. The van der Waals surface area contributed by atoms with E-state index in [9.17, 15) is 9.90 Å². The molecule has 0 amide bonds. The van der Waals surface area contributed by atoms with Crippen molar-refractivity contribution in [3.05, 3.63) is 40.5 Å². The average molecular weight is 490 g/mol. The number of nitrogens with zero attached hydrogens (tertiary/aromatic N) is 4. The molecule has 0 radical (unpaired) electrons. The summed E-state index contributed by atoms with van der Waals surface area (Å²) in [6.45, 7) is 9.50. The van der Waals surface area contributed by atoms with Crippen molar-refractivity contribution in [2.75, 3.05) is 51.1 Å². The first-order chi connectivity index (χ1) is 14.5. The average Bonchev–Trinajstić information content (AvgIpc) is 3.19. The minimum absolute atomic E-state index is 0.307. The van der Waals surface area contributed by atoms with Gasteiger partial charge in [0.2, 0.25) is 5.95 Å². The van der Waals surface area contributed by atoms with Gasteiger partial charge in [0.25, 0.3) is 0 Å². The van der Waals surface area contributed by atoms with Gasteiger partial charge in [-0.2, -0.15) is 0 Å². The summed E-state index contributed by atoms with van der Waals surface area (Å²) in [5, 5.41) is 13.5. The zero-order chi connectivity index (χ0) is 21.1. The van der Waals surface area contributed by atoms with Crippen molar-refractivity contribution in [1.82, 2.24) is 19.8 Å². The molecule has 4 rings (SSSR count). The molecule has 1 aliphatic heterocycles. The number of hydrogen-bond acceptors (Lipinski definition) is 7. The molecular weight excluding hydrogens is 466 g/mol. The van der Waals surface area contributed by atoms with E-state index in [-0.39, 0.29) is 0 Å². The highest BCUT2D eigenvalue weighted by molar-refractivity contribution is 9.10. The van der Waals surface area contributed by atoms with Crippen molar-refractivity contribution in [2.45, 2.75) is 6.92 Å². The molecule has 3 heterocycles. The van der Waals surface area contributed by atoms with E-state index in [1.54, 1.807) is 18.3 Å². The molecule has 30 heavy (non-hydrogen) atoms. The van der Waals surface area contributed by atoms with E-state index in [2.05, 4.69) is 47.9 Å². The number of fused-ring (bicyclic) bond motifs is 1. The van der Waals surface area contributed by atoms with Crippen molar-refractivity contribution < 1.29 is 9.90 Å². The van der Waals surface area contributed by atoms with Gasteiger partial charge < -0.3 is 15.3 Å². The summed E-state index contributed by atoms with van der Waals surface area (Å²) in [4.78, 5) is 26.4. The number of hydrogen-bond donors (Lipinski definition) is 2. The Morgan fingerprint density at radius 2 is 2.03 bits per heavy atom. The standard InChI is InChI=1S/C21H24BrN5O2S/c1-2-26-8-10-27(11-9-26)7-6-23-21-24-13-16(22)19(25-21)18-12-15-14(20(28)29)4-3-5-17(15)30-18/h3-5,12-13H,2,6-11H2,1H3,(H,28,29)(H,23,24,25). The van der Waals surface area contributed by atoms with E-state index in [1.165, 1.54) is 11.3 Å². The number of nitrogens with one attached hydrogen (secondary N) is 1. The Hall–Kier alpha value is -2.07. The number of benzene rings is 1. The summed E-state index contributed by atoms with van der Waals surface area (Å²) in [6.07, 6.45) is 1.74. The van der Waals surface area contributed by atoms with Crippen molar-refractivity contribution in [2.24, 2.45) is 0 Å². The van der Waals surface area contributed by atoms with Crippen LogP contribution in [-0.2, 0) is 0 Å². The van der Waals surface area contributed by atoms with Crippen LogP contribution in [0.3, 0.4) is 0 Å². The maximum Gasteiger partial charge on any atom is 0.336 e. The van der Waals surface area contributed by atoms with Crippen LogP contribution in [0.25, 0.3) is 20.7 Å². The summed E-state index contributed by atoms with van der Waals surface area (Å²) in [6, 6.07) is 7.23. The van der Waals surface area contributed by atoms with Crippen LogP contribution in [0.5, 0.6) is 0 Å². The molecule has 3 aromatic rings. The highest BCUT2D eigenvalue weighted by Crippen LogP contribution is 2.37. The number of aromatic carboxylic acids is 1. The third-order valence-electron chi connectivity index (χ3n) is 5.39. The molecule has 7 nitrogen and oxygen atoms in total. The van der Waals surface area contributed by atoms with Crippen LogP contribution in [0.2, 0.25) is 0 Å². The van der Waals surface area contributed by atoms with Gasteiger partial charge in [0.15, 0.2) is 0 Å². The van der Waals surface area contributed by atoms with Gasteiger partial charge in [0, 0.05) is 55.6 Å². The van der Waals surface area contributed by atoms with Crippen LogP contribution in [-0.4, -0.2) is 76.7 Å². The fraction of sp³-hybridized carbons (Fsp3) is 0.381. The Morgan fingerprint density at radius 3 is 2.77 bits per heavy atom. The first-order valence-electron chi connectivity index (χ1n) is 10.0. The first-order valence-corrected chi connectivity index (χ1v) is 11.6. The number of thiophene rings is 1. The number of anilines is 1. The summed E-state index contributed by atoms with van der Waals surface area (Å²) < 4.78 is 1.71. The van der Waals surface area contributed by atoms with Crippen LogP contribution >= 0.6 is 27.3 Å². The van der Waals surface area contributed by atoms with Crippen LogP contribution in [0, 0.1) is 0 Å².